The lowest BCUT2D eigenvalue weighted by molar-refractivity contribution is -0.118. The summed E-state index contributed by atoms with van der Waals surface area (Å²) in [6, 6.07) is 20.1. The highest BCUT2D eigenvalue weighted by Crippen LogP contribution is 2.37. The molecule has 0 bridgehead atoms. The van der Waals surface area contributed by atoms with Crippen LogP contribution in [-0.2, 0) is 4.79 Å². The van der Waals surface area contributed by atoms with Gasteiger partial charge >= 0.3 is 0 Å². The van der Waals surface area contributed by atoms with Crippen molar-refractivity contribution < 1.29 is 18.7 Å². The summed E-state index contributed by atoms with van der Waals surface area (Å²) < 4.78 is 24.8. The van der Waals surface area contributed by atoms with E-state index < -0.39 is 5.82 Å². The summed E-state index contributed by atoms with van der Waals surface area (Å²) in [4.78, 5) is 12.2. The van der Waals surface area contributed by atoms with E-state index in [0.717, 1.165) is 0 Å². The van der Waals surface area contributed by atoms with E-state index in [9.17, 15) is 14.4 Å². The average Bonchev–Trinajstić information content (AvgIpc) is 2.78. The molecule has 3 aromatic carbocycles. The lowest BCUT2D eigenvalue weighted by Gasteiger charge is -2.14. The zero-order valence-corrected chi connectivity index (χ0v) is 18.0. The minimum Gasteiger partial charge on any atom is -0.490 e. The van der Waals surface area contributed by atoms with Gasteiger partial charge in [-0.15, -0.1) is 0 Å². The third-order valence-electron chi connectivity index (χ3n) is 4.30. The van der Waals surface area contributed by atoms with E-state index in [0.29, 0.717) is 29.2 Å². The minimum absolute atomic E-state index is 0.214. The Bertz CT molecular complexity index is 1170. The normalized spacial score (nSPS) is 10.9. The second-order valence-corrected chi connectivity index (χ2v) is 7.05. The fraction of sp³-hybridized carbons (Fsp3) is 0.120. The number of amides is 1. The van der Waals surface area contributed by atoms with Crippen molar-refractivity contribution in [1.29, 1.82) is 5.26 Å². The Morgan fingerprint density at radius 3 is 2.59 bits per heavy atom. The molecule has 7 heteroatoms. The molecular weight excluding hydrogens is 431 g/mol. The third-order valence-corrected chi connectivity index (χ3v) is 4.58. The second kappa shape index (κ2) is 11.0. The van der Waals surface area contributed by atoms with Crippen LogP contribution in [0.5, 0.6) is 11.5 Å². The van der Waals surface area contributed by atoms with Crippen LogP contribution in [0, 0.1) is 17.1 Å². The number of hydrogen-bond donors (Lipinski definition) is 1. The number of hydrogen-bond acceptors (Lipinski definition) is 4. The molecule has 0 aliphatic rings. The predicted molar refractivity (Wildman–Crippen MR) is 123 cm³/mol. The standard InChI is InChI=1S/C25H20ClFN2O3/c1-2-31-23-13-17(11-19(15-28)18-7-6-8-20(27)14-18)12-22(26)25(23)32-16-24(30)29-21-9-4-3-5-10-21/h3-14H,2,16H2,1H3,(H,29,30)/b19-11-. The van der Waals surface area contributed by atoms with E-state index in [1.54, 1.807) is 43.3 Å². The SMILES string of the molecule is CCOc1cc(/C=C(/C#N)c2cccc(F)c2)cc(Cl)c1OCC(=O)Nc1ccccc1. The molecular formula is C25H20ClFN2O3. The van der Waals surface area contributed by atoms with Crippen molar-refractivity contribution >= 4 is 34.8 Å². The van der Waals surface area contributed by atoms with E-state index in [-0.39, 0.29) is 28.9 Å². The van der Waals surface area contributed by atoms with Gasteiger partial charge in [0, 0.05) is 5.69 Å². The van der Waals surface area contributed by atoms with Crippen molar-refractivity contribution in [3.63, 3.8) is 0 Å². The van der Waals surface area contributed by atoms with E-state index in [1.165, 1.54) is 18.2 Å². The van der Waals surface area contributed by atoms with Crippen LogP contribution in [0.3, 0.4) is 0 Å². The fourth-order valence-corrected chi connectivity index (χ4v) is 3.21. The molecule has 1 amide bonds. The highest BCUT2D eigenvalue weighted by molar-refractivity contribution is 6.32. The van der Waals surface area contributed by atoms with Crippen LogP contribution in [0.25, 0.3) is 11.6 Å². The van der Waals surface area contributed by atoms with Gasteiger partial charge in [0.05, 0.1) is 23.3 Å². The fourth-order valence-electron chi connectivity index (χ4n) is 2.93. The van der Waals surface area contributed by atoms with E-state index >= 15 is 0 Å². The summed E-state index contributed by atoms with van der Waals surface area (Å²) in [7, 11) is 0. The first-order valence-electron chi connectivity index (χ1n) is 9.82. The number of halogens is 2. The number of carbonyl (C=O) groups is 1. The molecule has 32 heavy (non-hydrogen) atoms. The van der Waals surface area contributed by atoms with Gasteiger partial charge in [-0.3, -0.25) is 4.79 Å². The molecule has 1 N–H and O–H groups in total. The molecule has 0 aliphatic carbocycles. The second-order valence-electron chi connectivity index (χ2n) is 6.65. The van der Waals surface area contributed by atoms with Crippen molar-refractivity contribution in [3.8, 4) is 17.6 Å². The maximum Gasteiger partial charge on any atom is 0.262 e. The average molecular weight is 451 g/mol. The molecule has 0 saturated carbocycles. The van der Waals surface area contributed by atoms with E-state index in [1.807, 2.05) is 18.2 Å². The monoisotopic (exact) mass is 450 g/mol. The lowest BCUT2D eigenvalue weighted by Crippen LogP contribution is -2.20. The van der Waals surface area contributed by atoms with Crippen LogP contribution < -0.4 is 14.8 Å². The zero-order chi connectivity index (χ0) is 22.9. The van der Waals surface area contributed by atoms with Gasteiger partial charge in [0.25, 0.3) is 5.91 Å². The molecule has 162 valence electrons. The summed E-state index contributed by atoms with van der Waals surface area (Å²) in [5, 5.41) is 12.5. The molecule has 3 rings (SSSR count). The maximum atomic E-state index is 13.5. The van der Waals surface area contributed by atoms with E-state index in [2.05, 4.69) is 11.4 Å². The van der Waals surface area contributed by atoms with Crippen LogP contribution in [0.15, 0.2) is 66.7 Å². The Labute approximate surface area is 190 Å². The summed E-state index contributed by atoms with van der Waals surface area (Å²) >= 11 is 6.40. The van der Waals surface area contributed by atoms with Crippen molar-refractivity contribution in [2.45, 2.75) is 6.92 Å². The first-order chi connectivity index (χ1) is 15.5. The molecule has 0 atom stereocenters. The van der Waals surface area contributed by atoms with Gasteiger partial charge in [-0.2, -0.15) is 5.26 Å². The lowest BCUT2D eigenvalue weighted by atomic mass is 10.0. The van der Waals surface area contributed by atoms with E-state index in [4.69, 9.17) is 21.1 Å². The first kappa shape index (κ1) is 22.9. The molecule has 0 spiro atoms. The largest absolute Gasteiger partial charge is 0.490 e. The number of nitriles is 1. The van der Waals surface area contributed by atoms with Crippen molar-refractivity contribution in [3.05, 3.63) is 88.7 Å². The van der Waals surface area contributed by atoms with Crippen LogP contribution in [0.4, 0.5) is 10.1 Å². The minimum atomic E-state index is -0.436. The summed E-state index contributed by atoms with van der Waals surface area (Å²) in [5.41, 5.74) is 1.93. The Morgan fingerprint density at radius 2 is 1.91 bits per heavy atom. The topological polar surface area (TPSA) is 71.3 Å². The highest BCUT2D eigenvalue weighted by Gasteiger charge is 2.15. The molecule has 0 saturated heterocycles. The number of anilines is 1. The number of nitrogens with zero attached hydrogens (tertiary/aromatic N) is 1. The number of rotatable bonds is 8. The first-order valence-corrected chi connectivity index (χ1v) is 10.2. The molecule has 3 aromatic rings. The van der Waals surface area contributed by atoms with Crippen LogP contribution in [-0.4, -0.2) is 19.1 Å². The molecule has 0 aliphatic heterocycles. The van der Waals surface area contributed by atoms with Gasteiger partial charge in [-0.05, 0) is 60.5 Å². The molecule has 0 heterocycles. The molecule has 0 radical (unpaired) electrons. The summed E-state index contributed by atoms with van der Waals surface area (Å²) in [6.45, 7) is 1.87. The van der Waals surface area contributed by atoms with Gasteiger partial charge < -0.3 is 14.8 Å². The third kappa shape index (κ3) is 6.10. The van der Waals surface area contributed by atoms with Gasteiger partial charge in [0.1, 0.15) is 5.82 Å². The van der Waals surface area contributed by atoms with Crippen molar-refractivity contribution in [2.75, 3.05) is 18.5 Å². The van der Waals surface area contributed by atoms with Crippen molar-refractivity contribution in [2.24, 2.45) is 0 Å². The number of para-hydroxylation sites is 1. The Hall–Kier alpha value is -3.82. The highest BCUT2D eigenvalue weighted by atomic mass is 35.5. The summed E-state index contributed by atoms with van der Waals surface area (Å²) in [5.74, 6) is -0.237. The molecule has 0 aromatic heterocycles. The number of ether oxygens (including phenoxy) is 2. The van der Waals surface area contributed by atoms with Crippen LogP contribution in [0.1, 0.15) is 18.1 Å². The Kier molecular flexibility index (Phi) is 7.85. The molecule has 5 nitrogen and oxygen atoms in total. The molecule has 0 unspecified atom stereocenters. The van der Waals surface area contributed by atoms with Crippen molar-refractivity contribution in [1.82, 2.24) is 0 Å². The molecule has 0 fully saturated rings. The van der Waals surface area contributed by atoms with Gasteiger partial charge in [-0.25, -0.2) is 4.39 Å². The van der Waals surface area contributed by atoms with Crippen LogP contribution in [0.2, 0.25) is 5.02 Å². The number of nitrogens with one attached hydrogen (secondary N) is 1. The number of allylic oxidation sites excluding steroid dienone is 1. The van der Waals surface area contributed by atoms with Crippen LogP contribution >= 0.6 is 11.6 Å². The Balaban J connectivity index is 1.83. The van der Waals surface area contributed by atoms with Gasteiger partial charge in [0.2, 0.25) is 0 Å². The van der Waals surface area contributed by atoms with Gasteiger partial charge in [0.15, 0.2) is 18.1 Å². The maximum absolute atomic E-state index is 13.5. The quantitative estimate of drug-likeness (QED) is 0.339. The number of benzene rings is 3. The Morgan fingerprint density at radius 1 is 1.12 bits per heavy atom. The zero-order valence-electron chi connectivity index (χ0n) is 17.3. The van der Waals surface area contributed by atoms with Gasteiger partial charge in [-0.1, -0.05) is 41.9 Å². The number of carbonyl (C=O) groups excluding carboxylic acids is 1. The smallest absolute Gasteiger partial charge is 0.262 e. The summed E-state index contributed by atoms with van der Waals surface area (Å²) in [6.07, 6.45) is 1.58. The predicted octanol–water partition coefficient (Wildman–Crippen LogP) is 5.96.